The van der Waals surface area contributed by atoms with Crippen LogP contribution in [0, 0.1) is 16.7 Å². The first-order valence-corrected chi connectivity index (χ1v) is 4.62. The molecule has 1 aliphatic rings. The van der Waals surface area contributed by atoms with Gasteiger partial charge >= 0.3 is 0 Å². The van der Waals surface area contributed by atoms with Crippen LogP contribution in [0.1, 0.15) is 19.3 Å². The molecule has 1 aromatic heterocycles. The smallest absolute Gasteiger partial charge is 0.244 e. The molecule has 1 fully saturated rings. The summed E-state index contributed by atoms with van der Waals surface area (Å²) in [6, 6.07) is 3.87. The molecule has 2 N–H and O–H groups in total. The van der Waals surface area contributed by atoms with Gasteiger partial charge in [0.1, 0.15) is 5.41 Å². The van der Waals surface area contributed by atoms with E-state index in [2.05, 4.69) is 16.4 Å². The molecule has 1 saturated carbocycles. The predicted octanol–water partition coefficient (Wildman–Crippen LogP) is 1.65. The maximum Gasteiger partial charge on any atom is 0.244 e. The number of amides is 1. The first-order chi connectivity index (χ1) is 6.77. The quantitative estimate of drug-likeness (QED) is 0.742. The van der Waals surface area contributed by atoms with Gasteiger partial charge in [-0.15, -0.1) is 0 Å². The lowest BCUT2D eigenvalue weighted by atomic mass is 9.69. The minimum atomic E-state index is -0.767. The van der Waals surface area contributed by atoms with Crippen LogP contribution >= 0.6 is 0 Å². The lowest BCUT2D eigenvalue weighted by Crippen LogP contribution is -2.40. The lowest BCUT2D eigenvalue weighted by molar-refractivity contribution is -0.126. The highest BCUT2D eigenvalue weighted by Gasteiger charge is 2.44. The Balaban J connectivity index is 2.06. The number of anilines is 1. The zero-order valence-electron chi connectivity index (χ0n) is 7.71. The number of carbonyl (C=O) groups excluding carboxylic acids is 1. The second kappa shape index (κ2) is 3.18. The van der Waals surface area contributed by atoms with Crippen molar-refractivity contribution in [1.29, 1.82) is 5.26 Å². The second-order valence-electron chi connectivity index (χ2n) is 3.60. The molecule has 4 nitrogen and oxygen atoms in total. The molecule has 0 aliphatic heterocycles. The summed E-state index contributed by atoms with van der Waals surface area (Å²) in [5.74, 6) is -0.175. The largest absolute Gasteiger partial charge is 0.366 e. The van der Waals surface area contributed by atoms with Crippen LogP contribution in [0.25, 0.3) is 0 Å². The standard InChI is InChI=1S/C10H11N3O/c11-7-10(3-1-4-10)9(14)13-8-2-5-12-6-8/h2,5-6,12H,1,3-4H2,(H,13,14). The van der Waals surface area contributed by atoms with Gasteiger partial charge in [-0.3, -0.25) is 4.79 Å². The Morgan fingerprint density at radius 1 is 1.64 bits per heavy atom. The van der Waals surface area contributed by atoms with Gasteiger partial charge < -0.3 is 10.3 Å². The van der Waals surface area contributed by atoms with E-state index in [9.17, 15) is 4.79 Å². The van der Waals surface area contributed by atoms with Crippen LogP contribution in [0.5, 0.6) is 0 Å². The van der Waals surface area contributed by atoms with Crippen molar-refractivity contribution in [3.05, 3.63) is 18.5 Å². The number of aromatic amines is 1. The average Bonchev–Trinajstić information content (AvgIpc) is 2.55. The van der Waals surface area contributed by atoms with Gasteiger partial charge in [-0.1, -0.05) is 0 Å². The van der Waals surface area contributed by atoms with Gasteiger partial charge in [0.05, 0.1) is 11.8 Å². The fourth-order valence-electron chi connectivity index (χ4n) is 1.57. The zero-order chi connectivity index (χ0) is 10.0. The van der Waals surface area contributed by atoms with Gasteiger partial charge in [-0.2, -0.15) is 5.26 Å². The van der Waals surface area contributed by atoms with Crippen molar-refractivity contribution in [3.63, 3.8) is 0 Å². The third kappa shape index (κ3) is 1.27. The number of rotatable bonds is 2. The van der Waals surface area contributed by atoms with E-state index in [1.165, 1.54) is 0 Å². The zero-order valence-corrected chi connectivity index (χ0v) is 7.71. The fraction of sp³-hybridized carbons (Fsp3) is 0.400. The molecule has 2 rings (SSSR count). The third-order valence-electron chi connectivity index (χ3n) is 2.71. The fourth-order valence-corrected chi connectivity index (χ4v) is 1.57. The summed E-state index contributed by atoms with van der Waals surface area (Å²) in [6.45, 7) is 0. The van der Waals surface area contributed by atoms with Crippen molar-refractivity contribution >= 4 is 11.6 Å². The number of H-pyrrole nitrogens is 1. The minimum absolute atomic E-state index is 0.175. The number of nitrogens with one attached hydrogen (secondary N) is 2. The van der Waals surface area contributed by atoms with Crippen LogP contribution in [-0.2, 0) is 4.79 Å². The van der Waals surface area contributed by atoms with Gasteiger partial charge in [-0.05, 0) is 25.3 Å². The molecule has 0 saturated heterocycles. The number of aromatic nitrogens is 1. The van der Waals surface area contributed by atoms with Crippen LogP contribution in [0.15, 0.2) is 18.5 Å². The summed E-state index contributed by atoms with van der Waals surface area (Å²) in [4.78, 5) is 14.5. The first-order valence-electron chi connectivity index (χ1n) is 4.62. The Hall–Kier alpha value is -1.76. The molecule has 1 aromatic rings. The summed E-state index contributed by atoms with van der Waals surface area (Å²) in [5.41, 5.74) is -0.0476. The van der Waals surface area contributed by atoms with E-state index in [1.807, 2.05) is 0 Å². The average molecular weight is 189 g/mol. The van der Waals surface area contributed by atoms with Crippen molar-refractivity contribution in [2.75, 3.05) is 5.32 Å². The number of hydrogen-bond donors (Lipinski definition) is 2. The van der Waals surface area contributed by atoms with Crippen LogP contribution in [-0.4, -0.2) is 10.9 Å². The van der Waals surface area contributed by atoms with Gasteiger partial charge in [-0.25, -0.2) is 0 Å². The van der Waals surface area contributed by atoms with Crippen LogP contribution < -0.4 is 5.32 Å². The number of nitriles is 1. The molecule has 1 amide bonds. The van der Waals surface area contributed by atoms with E-state index in [0.717, 1.165) is 12.1 Å². The first kappa shape index (κ1) is 8.82. The summed E-state index contributed by atoms with van der Waals surface area (Å²) >= 11 is 0. The summed E-state index contributed by atoms with van der Waals surface area (Å²) in [6.07, 6.45) is 5.75. The highest BCUT2D eigenvalue weighted by molar-refractivity contribution is 5.97. The van der Waals surface area contributed by atoms with Gasteiger partial charge in [0, 0.05) is 12.4 Å². The Labute approximate surface area is 81.9 Å². The monoisotopic (exact) mass is 189 g/mol. The summed E-state index contributed by atoms with van der Waals surface area (Å²) < 4.78 is 0. The molecule has 0 aromatic carbocycles. The van der Waals surface area contributed by atoms with E-state index < -0.39 is 5.41 Å². The Morgan fingerprint density at radius 2 is 2.43 bits per heavy atom. The van der Waals surface area contributed by atoms with E-state index in [0.29, 0.717) is 12.8 Å². The molecule has 0 radical (unpaired) electrons. The van der Waals surface area contributed by atoms with E-state index >= 15 is 0 Å². The topological polar surface area (TPSA) is 68.7 Å². The van der Waals surface area contributed by atoms with Crippen molar-refractivity contribution < 1.29 is 4.79 Å². The maximum absolute atomic E-state index is 11.7. The highest BCUT2D eigenvalue weighted by Crippen LogP contribution is 2.41. The van der Waals surface area contributed by atoms with Gasteiger partial charge in [0.2, 0.25) is 5.91 Å². The van der Waals surface area contributed by atoms with Gasteiger partial charge in [0.15, 0.2) is 0 Å². The van der Waals surface area contributed by atoms with Crippen molar-refractivity contribution in [3.8, 4) is 6.07 Å². The van der Waals surface area contributed by atoms with Crippen LogP contribution in [0.4, 0.5) is 5.69 Å². The number of hydrogen-bond acceptors (Lipinski definition) is 2. The normalized spacial score (nSPS) is 17.9. The molecular formula is C10H11N3O. The third-order valence-corrected chi connectivity index (χ3v) is 2.71. The van der Waals surface area contributed by atoms with Crippen LogP contribution in [0.3, 0.4) is 0 Å². The number of nitrogens with zero attached hydrogens (tertiary/aromatic N) is 1. The Morgan fingerprint density at radius 3 is 2.86 bits per heavy atom. The van der Waals surface area contributed by atoms with Crippen LogP contribution in [0.2, 0.25) is 0 Å². The molecule has 1 aliphatic carbocycles. The summed E-state index contributed by atoms with van der Waals surface area (Å²) in [5, 5.41) is 11.6. The van der Waals surface area contributed by atoms with E-state index in [-0.39, 0.29) is 5.91 Å². The molecular weight excluding hydrogens is 178 g/mol. The van der Waals surface area contributed by atoms with Crippen molar-refractivity contribution in [2.45, 2.75) is 19.3 Å². The van der Waals surface area contributed by atoms with E-state index in [1.54, 1.807) is 18.5 Å². The molecule has 72 valence electrons. The Bertz CT molecular complexity index is 371. The predicted molar refractivity (Wildman–Crippen MR) is 51.3 cm³/mol. The molecule has 0 unspecified atom stereocenters. The lowest BCUT2D eigenvalue weighted by Gasteiger charge is -2.33. The molecule has 14 heavy (non-hydrogen) atoms. The Kier molecular flexibility index (Phi) is 2.01. The maximum atomic E-state index is 11.7. The second-order valence-corrected chi connectivity index (χ2v) is 3.60. The SMILES string of the molecule is N#CC1(C(=O)Nc2cc[nH]c2)CCC1. The van der Waals surface area contributed by atoms with E-state index in [4.69, 9.17) is 5.26 Å². The molecule has 1 heterocycles. The molecule has 0 spiro atoms. The minimum Gasteiger partial charge on any atom is -0.366 e. The highest BCUT2D eigenvalue weighted by atomic mass is 16.2. The van der Waals surface area contributed by atoms with Crippen molar-refractivity contribution in [1.82, 2.24) is 4.98 Å². The molecule has 0 bridgehead atoms. The number of carbonyl (C=O) groups is 1. The molecule has 4 heteroatoms. The van der Waals surface area contributed by atoms with Gasteiger partial charge in [0.25, 0.3) is 0 Å². The van der Waals surface area contributed by atoms with Crippen molar-refractivity contribution in [2.24, 2.45) is 5.41 Å². The summed E-state index contributed by atoms with van der Waals surface area (Å²) in [7, 11) is 0. The molecule has 0 atom stereocenters.